The number of thiazole rings is 1. The van der Waals surface area contributed by atoms with E-state index in [9.17, 15) is 5.11 Å². The summed E-state index contributed by atoms with van der Waals surface area (Å²) in [7, 11) is 0. The number of hydrogen-bond acceptors (Lipinski definition) is 5. The third-order valence-corrected chi connectivity index (χ3v) is 6.41. The molecule has 0 radical (unpaired) electrons. The molecule has 0 saturated heterocycles. The Kier molecular flexibility index (Phi) is 3.77. The van der Waals surface area contributed by atoms with Crippen molar-refractivity contribution in [2.24, 2.45) is 0 Å². The number of hydrogen-bond donors (Lipinski definition) is 2. The van der Waals surface area contributed by atoms with Crippen molar-refractivity contribution in [1.82, 2.24) is 4.98 Å². The van der Waals surface area contributed by atoms with Gasteiger partial charge in [-0.1, -0.05) is 23.7 Å². The molecule has 3 aromatic rings. The van der Waals surface area contributed by atoms with Gasteiger partial charge in [-0.15, -0.1) is 11.3 Å². The summed E-state index contributed by atoms with van der Waals surface area (Å²) < 4.78 is 6.40. The Bertz CT molecular complexity index is 1140. The second-order valence-electron chi connectivity index (χ2n) is 7.76. The normalized spacial score (nSPS) is 18.9. The van der Waals surface area contributed by atoms with Crippen molar-refractivity contribution in [2.75, 3.05) is 5.32 Å². The fraction of sp³-hybridized carbons (Fsp3) is 0.227. The van der Waals surface area contributed by atoms with Crippen molar-refractivity contribution >= 4 is 34.2 Å². The molecule has 0 saturated carbocycles. The number of aromatic hydroxyl groups is 1. The maximum absolute atomic E-state index is 10.2. The van der Waals surface area contributed by atoms with Crippen molar-refractivity contribution in [3.05, 3.63) is 63.1 Å². The number of phenolic OH excluding ortho intramolecular Hbond substituents is 1. The third kappa shape index (κ3) is 2.54. The zero-order valence-electron chi connectivity index (χ0n) is 15.7. The van der Waals surface area contributed by atoms with Crippen LogP contribution in [-0.4, -0.2) is 15.6 Å². The first kappa shape index (κ1) is 17.6. The van der Waals surface area contributed by atoms with E-state index < -0.39 is 0 Å². The minimum atomic E-state index is -0.329. The first-order valence-electron chi connectivity index (χ1n) is 9.08. The van der Waals surface area contributed by atoms with Crippen LogP contribution in [0.3, 0.4) is 0 Å². The summed E-state index contributed by atoms with van der Waals surface area (Å²) in [6, 6.07) is 7.48. The van der Waals surface area contributed by atoms with E-state index in [-0.39, 0.29) is 17.4 Å². The average molecular weight is 411 g/mol. The topological polar surface area (TPSA) is 54.4 Å². The molecule has 142 valence electrons. The maximum atomic E-state index is 10.2. The first-order valence-corrected chi connectivity index (χ1v) is 10.3. The number of nitrogens with zero attached hydrogens (tertiary/aromatic N) is 1. The molecule has 0 spiro atoms. The Labute approximate surface area is 172 Å². The molecule has 6 heteroatoms. The zero-order valence-corrected chi connectivity index (χ0v) is 17.3. The number of phenols is 1. The minimum Gasteiger partial charge on any atom is -0.506 e. The molecule has 28 heavy (non-hydrogen) atoms. The Morgan fingerprint density at radius 3 is 2.79 bits per heavy atom. The SMILES string of the molecule is CC1=CC(C)(C)Nc2ccc3c(c21)C(c1nccs1)Oc1ccc(O)c(Cl)c1-3. The van der Waals surface area contributed by atoms with Gasteiger partial charge in [0.1, 0.15) is 16.5 Å². The van der Waals surface area contributed by atoms with E-state index in [0.717, 1.165) is 32.9 Å². The minimum absolute atomic E-state index is 0.0481. The largest absolute Gasteiger partial charge is 0.506 e. The number of allylic oxidation sites excluding steroid dienone is 1. The molecule has 0 aliphatic carbocycles. The van der Waals surface area contributed by atoms with Gasteiger partial charge in [0.05, 0.1) is 10.6 Å². The van der Waals surface area contributed by atoms with Crippen molar-refractivity contribution in [1.29, 1.82) is 0 Å². The van der Waals surface area contributed by atoms with Crippen LogP contribution >= 0.6 is 22.9 Å². The van der Waals surface area contributed by atoms with E-state index in [1.54, 1.807) is 29.7 Å². The van der Waals surface area contributed by atoms with Crippen LogP contribution in [0.4, 0.5) is 5.69 Å². The highest BCUT2D eigenvalue weighted by molar-refractivity contribution is 7.09. The highest BCUT2D eigenvalue weighted by atomic mass is 35.5. The summed E-state index contributed by atoms with van der Waals surface area (Å²) in [5.74, 6) is 0.702. The summed E-state index contributed by atoms with van der Waals surface area (Å²) in [5, 5.41) is 16.9. The Balaban J connectivity index is 1.85. The van der Waals surface area contributed by atoms with Gasteiger partial charge in [0, 0.05) is 34.0 Å². The number of ether oxygens (including phenoxy) is 1. The first-order chi connectivity index (χ1) is 13.4. The molecule has 1 unspecified atom stereocenters. The molecule has 0 fully saturated rings. The van der Waals surface area contributed by atoms with Gasteiger partial charge >= 0.3 is 0 Å². The van der Waals surface area contributed by atoms with Gasteiger partial charge in [-0.25, -0.2) is 4.98 Å². The van der Waals surface area contributed by atoms with Gasteiger partial charge in [-0.3, -0.25) is 0 Å². The van der Waals surface area contributed by atoms with Crippen LogP contribution in [-0.2, 0) is 0 Å². The van der Waals surface area contributed by atoms with Gasteiger partial charge in [0.25, 0.3) is 0 Å². The standard InChI is InChI=1S/C22H19ClN2O2S/c1-11-10-22(2,3)25-13-5-4-12-17-15(7-6-14(26)19(17)23)27-20(18(12)16(11)13)21-24-8-9-28-21/h4-10,20,25-26H,1-3H3. The van der Waals surface area contributed by atoms with Crippen molar-refractivity contribution < 1.29 is 9.84 Å². The van der Waals surface area contributed by atoms with Gasteiger partial charge in [-0.2, -0.15) is 0 Å². The number of fused-ring (bicyclic) bond motifs is 5. The molecule has 1 aromatic heterocycles. The number of nitrogens with one attached hydrogen (secondary N) is 1. The third-order valence-electron chi connectivity index (χ3n) is 5.21. The fourth-order valence-corrected chi connectivity index (χ4v) is 5.19. The molecule has 2 aromatic carbocycles. The quantitative estimate of drug-likeness (QED) is 0.497. The van der Waals surface area contributed by atoms with Crippen molar-refractivity contribution in [3.63, 3.8) is 0 Å². The summed E-state index contributed by atoms with van der Waals surface area (Å²) in [5.41, 5.74) is 5.95. The van der Waals surface area contributed by atoms with Crippen LogP contribution in [0.2, 0.25) is 5.02 Å². The van der Waals surface area contributed by atoms with Crippen LogP contribution in [0.25, 0.3) is 16.7 Å². The number of anilines is 1. The monoisotopic (exact) mass is 410 g/mol. The lowest BCUT2D eigenvalue weighted by atomic mass is 9.82. The summed E-state index contributed by atoms with van der Waals surface area (Å²) >= 11 is 8.07. The number of aromatic nitrogens is 1. The molecule has 0 bridgehead atoms. The molecule has 5 rings (SSSR count). The molecule has 3 heterocycles. The molecule has 2 aliphatic heterocycles. The number of halogens is 1. The van der Waals surface area contributed by atoms with Gasteiger partial charge in [-0.05, 0) is 50.1 Å². The predicted octanol–water partition coefficient (Wildman–Crippen LogP) is 6.26. The van der Waals surface area contributed by atoms with Gasteiger partial charge < -0.3 is 15.2 Å². The summed E-state index contributed by atoms with van der Waals surface area (Å²) in [4.78, 5) is 4.53. The Morgan fingerprint density at radius 1 is 1.21 bits per heavy atom. The maximum Gasteiger partial charge on any atom is 0.176 e. The molecule has 4 nitrogen and oxygen atoms in total. The average Bonchev–Trinajstić information content (AvgIpc) is 3.16. The molecule has 0 amide bonds. The lowest BCUT2D eigenvalue weighted by molar-refractivity contribution is 0.242. The van der Waals surface area contributed by atoms with Gasteiger partial charge in [0.2, 0.25) is 0 Å². The summed E-state index contributed by atoms with van der Waals surface area (Å²) in [6.45, 7) is 6.43. The van der Waals surface area contributed by atoms with E-state index in [1.165, 1.54) is 5.57 Å². The van der Waals surface area contributed by atoms with Crippen molar-refractivity contribution in [2.45, 2.75) is 32.4 Å². The van der Waals surface area contributed by atoms with E-state index in [0.29, 0.717) is 10.8 Å². The highest BCUT2D eigenvalue weighted by Gasteiger charge is 2.36. The van der Waals surface area contributed by atoms with Crippen LogP contribution in [0, 0.1) is 0 Å². The zero-order chi connectivity index (χ0) is 19.6. The molecule has 2 aliphatic rings. The highest BCUT2D eigenvalue weighted by Crippen LogP contribution is 2.54. The number of rotatable bonds is 1. The smallest absolute Gasteiger partial charge is 0.176 e. The van der Waals surface area contributed by atoms with E-state index in [2.05, 4.69) is 49.3 Å². The predicted molar refractivity (Wildman–Crippen MR) is 114 cm³/mol. The molecule has 1 atom stereocenters. The van der Waals surface area contributed by atoms with Gasteiger partial charge in [0.15, 0.2) is 6.10 Å². The second kappa shape index (κ2) is 6.00. The van der Waals surface area contributed by atoms with Crippen LogP contribution in [0.1, 0.15) is 43.0 Å². The second-order valence-corrected chi connectivity index (χ2v) is 9.07. The van der Waals surface area contributed by atoms with Crippen LogP contribution in [0.5, 0.6) is 11.5 Å². The number of benzene rings is 2. The fourth-order valence-electron chi connectivity index (χ4n) is 4.26. The van der Waals surface area contributed by atoms with Crippen LogP contribution in [0.15, 0.2) is 41.9 Å². The molecule has 2 N–H and O–H groups in total. The Hall–Kier alpha value is -2.50. The van der Waals surface area contributed by atoms with E-state index >= 15 is 0 Å². The van der Waals surface area contributed by atoms with Crippen LogP contribution < -0.4 is 10.1 Å². The summed E-state index contributed by atoms with van der Waals surface area (Å²) in [6.07, 6.45) is 3.69. The Morgan fingerprint density at radius 2 is 2.04 bits per heavy atom. The van der Waals surface area contributed by atoms with E-state index in [1.807, 2.05) is 5.38 Å². The lowest BCUT2D eigenvalue weighted by Crippen LogP contribution is -2.32. The lowest BCUT2D eigenvalue weighted by Gasteiger charge is -2.36. The van der Waals surface area contributed by atoms with E-state index in [4.69, 9.17) is 16.3 Å². The molecular weight excluding hydrogens is 392 g/mol. The van der Waals surface area contributed by atoms with Crippen molar-refractivity contribution in [3.8, 4) is 22.6 Å². The molecular formula is C22H19ClN2O2S.